The number of ether oxygens (including phenoxy) is 1. The summed E-state index contributed by atoms with van der Waals surface area (Å²) in [4.78, 5) is 11.1. The molecule has 90 valence electrons. The molecule has 0 aliphatic carbocycles. The number of aromatic nitrogens is 3. The van der Waals surface area contributed by atoms with Crippen LogP contribution in [0.25, 0.3) is 0 Å². The highest BCUT2D eigenvalue weighted by Gasteiger charge is 2.18. The van der Waals surface area contributed by atoms with Gasteiger partial charge in [0.2, 0.25) is 0 Å². The third-order valence-corrected chi connectivity index (χ3v) is 2.52. The van der Waals surface area contributed by atoms with Crippen molar-refractivity contribution < 1.29 is 9.53 Å². The zero-order valence-electron chi connectivity index (χ0n) is 9.93. The molecule has 1 unspecified atom stereocenters. The van der Waals surface area contributed by atoms with Crippen molar-refractivity contribution in [1.29, 1.82) is 0 Å². The van der Waals surface area contributed by atoms with Gasteiger partial charge in [0.15, 0.2) is 5.69 Å². The minimum atomic E-state index is -0.526. The van der Waals surface area contributed by atoms with Crippen LogP contribution in [-0.2, 0) is 11.2 Å². The highest BCUT2D eigenvalue weighted by Crippen LogP contribution is 2.15. The summed E-state index contributed by atoms with van der Waals surface area (Å²) in [5.74, 6) is -0.526. The number of carbonyl (C=O) groups excluding carboxylic acids is 1. The maximum Gasteiger partial charge on any atom is 0.271 e. The van der Waals surface area contributed by atoms with Crippen LogP contribution in [-0.4, -0.2) is 34.6 Å². The molecule has 0 aromatic carbocycles. The van der Waals surface area contributed by atoms with Crippen molar-refractivity contribution in [2.75, 3.05) is 13.7 Å². The van der Waals surface area contributed by atoms with Gasteiger partial charge < -0.3 is 10.5 Å². The molecule has 1 heterocycles. The van der Waals surface area contributed by atoms with Gasteiger partial charge in [-0.05, 0) is 19.8 Å². The lowest BCUT2D eigenvalue weighted by Gasteiger charge is -2.13. The second kappa shape index (κ2) is 5.60. The standard InChI is InChI=1S/C10H18N4O2/c1-4-8-9(10(11)15)12-13-14(8)7(2)5-6-16-3/h7H,4-6H2,1-3H3,(H2,11,15). The molecule has 1 atom stereocenters. The number of amides is 1. The highest BCUT2D eigenvalue weighted by atomic mass is 16.5. The van der Waals surface area contributed by atoms with Crippen molar-refractivity contribution in [2.24, 2.45) is 5.73 Å². The largest absolute Gasteiger partial charge is 0.385 e. The quantitative estimate of drug-likeness (QED) is 0.767. The first-order valence-electron chi connectivity index (χ1n) is 5.34. The minimum absolute atomic E-state index is 0.149. The topological polar surface area (TPSA) is 83.0 Å². The van der Waals surface area contributed by atoms with E-state index in [1.54, 1.807) is 11.8 Å². The highest BCUT2D eigenvalue weighted by molar-refractivity contribution is 5.91. The van der Waals surface area contributed by atoms with E-state index in [2.05, 4.69) is 10.3 Å². The predicted molar refractivity (Wildman–Crippen MR) is 59.1 cm³/mol. The zero-order valence-corrected chi connectivity index (χ0v) is 9.93. The van der Waals surface area contributed by atoms with Gasteiger partial charge in [-0.15, -0.1) is 5.10 Å². The maximum atomic E-state index is 11.1. The summed E-state index contributed by atoms with van der Waals surface area (Å²) in [6.45, 7) is 4.61. The third kappa shape index (κ3) is 2.57. The van der Waals surface area contributed by atoms with Gasteiger partial charge >= 0.3 is 0 Å². The number of hydrogen-bond donors (Lipinski definition) is 1. The van der Waals surface area contributed by atoms with E-state index in [9.17, 15) is 4.79 Å². The molecule has 1 aromatic rings. The van der Waals surface area contributed by atoms with E-state index in [4.69, 9.17) is 10.5 Å². The van der Waals surface area contributed by atoms with E-state index in [1.807, 2.05) is 13.8 Å². The van der Waals surface area contributed by atoms with Gasteiger partial charge in [-0.25, -0.2) is 4.68 Å². The van der Waals surface area contributed by atoms with E-state index in [0.29, 0.717) is 13.0 Å². The lowest BCUT2D eigenvalue weighted by Crippen LogP contribution is -2.17. The van der Waals surface area contributed by atoms with Crippen LogP contribution in [0.15, 0.2) is 0 Å². The predicted octanol–water partition coefficient (Wildman–Crippen LogP) is 0.537. The molecule has 1 amide bonds. The molecule has 2 N–H and O–H groups in total. The molecule has 6 nitrogen and oxygen atoms in total. The molecule has 0 aliphatic rings. The van der Waals surface area contributed by atoms with Crippen LogP contribution in [0, 0.1) is 0 Å². The zero-order chi connectivity index (χ0) is 12.1. The molecule has 0 bridgehead atoms. The summed E-state index contributed by atoms with van der Waals surface area (Å²) >= 11 is 0. The fourth-order valence-electron chi connectivity index (χ4n) is 1.60. The van der Waals surface area contributed by atoms with Crippen LogP contribution < -0.4 is 5.73 Å². The number of primary amides is 1. The molecule has 0 aliphatic heterocycles. The fraction of sp³-hybridized carbons (Fsp3) is 0.700. The van der Waals surface area contributed by atoms with Gasteiger partial charge in [0.1, 0.15) is 0 Å². The Morgan fingerprint density at radius 2 is 2.31 bits per heavy atom. The Kier molecular flexibility index (Phi) is 4.42. The van der Waals surface area contributed by atoms with Crippen molar-refractivity contribution in [3.63, 3.8) is 0 Å². The Hall–Kier alpha value is -1.43. The maximum absolute atomic E-state index is 11.1. The molecule has 0 saturated heterocycles. The van der Waals surface area contributed by atoms with Crippen LogP contribution in [0.5, 0.6) is 0 Å². The van der Waals surface area contributed by atoms with Gasteiger partial charge in [-0.2, -0.15) is 0 Å². The van der Waals surface area contributed by atoms with Gasteiger partial charge in [0.25, 0.3) is 5.91 Å². The lowest BCUT2D eigenvalue weighted by molar-refractivity contribution is 0.0994. The van der Waals surface area contributed by atoms with Crippen molar-refractivity contribution in [2.45, 2.75) is 32.7 Å². The summed E-state index contributed by atoms with van der Waals surface area (Å²) < 4.78 is 6.76. The van der Waals surface area contributed by atoms with Crippen molar-refractivity contribution in [1.82, 2.24) is 15.0 Å². The molecule has 0 spiro atoms. The van der Waals surface area contributed by atoms with Crippen molar-refractivity contribution >= 4 is 5.91 Å². The van der Waals surface area contributed by atoms with E-state index >= 15 is 0 Å². The monoisotopic (exact) mass is 226 g/mol. The van der Waals surface area contributed by atoms with Crippen LogP contribution in [0.3, 0.4) is 0 Å². The number of methoxy groups -OCH3 is 1. The molecule has 0 radical (unpaired) electrons. The van der Waals surface area contributed by atoms with Gasteiger partial charge in [-0.1, -0.05) is 12.1 Å². The number of nitrogens with two attached hydrogens (primary N) is 1. The summed E-state index contributed by atoms with van der Waals surface area (Å²) in [6.07, 6.45) is 1.51. The minimum Gasteiger partial charge on any atom is -0.385 e. The van der Waals surface area contributed by atoms with Crippen LogP contribution in [0.1, 0.15) is 42.5 Å². The smallest absolute Gasteiger partial charge is 0.271 e. The summed E-state index contributed by atoms with van der Waals surface area (Å²) in [6, 6.07) is 0.149. The summed E-state index contributed by atoms with van der Waals surface area (Å²) in [7, 11) is 1.66. The summed E-state index contributed by atoms with van der Waals surface area (Å²) in [5, 5.41) is 7.78. The molecule has 1 rings (SSSR count). The Labute approximate surface area is 94.8 Å². The second-order valence-corrected chi connectivity index (χ2v) is 3.68. The Morgan fingerprint density at radius 3 is 2.81 bits per heavy atom. The third-order valence-electron chi connectivity index (χ3n) is 2.52. The fourth-order valence-corrected chi connectivity index (χ4v) is 1.60. The van der Waals surface area contributed by atoms with E-state index in [0.717, 1.165) is 12.1 Å². The summed E-state index contributed by atoms with van der Waals surface area (Å²) in [5.41, 5.74) is 6.28. The SMILES string of the molecule is CCc1c(C(N)=O)nnn1C(C)CCOC. The Bertz CT molecular complexity index is 362. The first-order valence-corrected chi connectivity index (χ1v) is 5.34. The molecule has 6 heteroatoms. The van der Waals surface area contributed by atoms with Crippen LogP contribution in [0.4, 0.5) is 0 Å². The molecular weight excluding hydrogens is 208 g/mol. The molecule has 0 saturated carbocycles. The Morgan fingerprint density at radius 1 is 1.62 bits per heavy atom. The molecule has 1 aromatic heterocycles. The number of rotatable bonds is 6. The van der Waals surface area contributed by atoms with Gasteiger partial charge in [0.05, 0.1) is 11.7 Å². The average molecular weight is 226 g/mol. The average Bonchev–Trinajstić information content (AvgIpc) is 2.69. The number of nitrogens with zero attached hydrogens (tertiary/aromatic N) is 3. The van der Waals surface area contributed by atoms with Crippen molar-refractivity contribution in [3.05, 3.63) is 11.4 Å². The molecule has 0 fully saturated rings. The second-order valence-electron chi connectivity index (χ2n) is 3.68. The van der Waals surface area contributed by atoms with Gasteiger partial charge in [-0.3, -0.25) is 4.79 Å². The van der Waals surface area contributed by atoms with Crippen molar-refractivity contribution in [3.8, 4) is 0 Å². The van der Waals surface area contributed by atoms with Gasteiger partial charge in [0, 0.05) is 13.7 Å². The number of hydrogen-bond acceptors (Lipinski definition) is 4. The Balaban J connectivity index is 2.91. The first kappa shape index (κ1) is 12.6. The first-order chi connectivity index (χ1) is 7.61. The van der Waals surface area contributed by atoms with E-state index in [1.165, 1.54) is 0 Å². The van der Waals surface area contributed by atoms with Crippen LogP contribution in [0.2, 0.25) is 0 Å². The van der Waals surface area contributed by atoms with E-state index < -0.39 is 5.91 Å². The molecular formula is C10H18N4O2. The lowest BCUT2D eigenvalue weighted by atomic mass is 10.2. The number of carbonyl (C=O) groups is 1. The van der Waals surface area contributed by atoms with E-state index in [-0.39, 0.29) is 11.7 Å². The normalized spacial score (nSPS) is 12.7. The van der Waals surface area contributed by atoms with Crippen LogP contribution >= 0.6 is 0 Å². The molecule has 16 heavy (non-hydrogen) atoms.